The van der Waals surface area contributed by atoms with Crippen LogP contribution < -0.4 is 5.73 Å². The second-order valence-corrected chi connectivity index (χ2v) is 5.88. The van der Waals surface area contributed by atoms with E-state index in [0.717, 1.165) is 0 Å². The Morgan fingerprint density at radius 2 is 2.20 bits per heavy atom. The van der Waals surface area contributed by atoms with Gasteiger partial charge in [-0.25, -0.2) is 4.39 Å². The molecule has 5 heteroatoms. The van der Waals surface area contributed by atoms with E-state index < -0.39 is 0 Å². The lowest BCUT2D eigenvalue weighted by atomic mass is 9.99. The molecule has 1 aliphatic heterocycles. The number of nitrogens with two attached hydrogens (primary N) is 1. The third-order valence-electron chi connectivity index (χ3n) is 3.64. The lowest BCUT2D eigenvalue weighted by Crippen LogP contribution is -2.55. The minimum Gasteiger partial charge on any atom is -0.394 e. The van der Waals surface area contributed by atoms with E-state index >= 15 is 0 Å². The van der Waals surface area contributed by atoms with Crippen LogP contribution in [0.15, 0.2) is 24.3 Å². The number of rotatable bonds is 4. The summed E-state index contributed by atoms with van der Waals surface area (Å²) in [5, 5.41) is 9.36. The van der Waals surface area contributed by atoms with Gasteiger partial charge in [-0.1, -0.05) is 18.2 Å². The molecule has 1 saturated heterocycles. The smallest absolute Gasteiger partial charge is 0.128 e. The molecule has 0 saturated carbocycles. The van der Waals surface area contributed by atoms with E-state index in [1.54, 1.807) is 12.1 Å². The molecule has 2 unspecified atom stereocenters. The van der Waals surface area contributed by atoms with E-state index in [4.69, 9.17) is 10.5 Å². The molecule has 1 aromatic rings. The Kier molecular flexibility index (Phi) is 4.75. The Labute approximate surface area is 119 Å². The molecule has 20 heavy (non-hydrogen) atoms. The topological polar surface area (TPSA) is 58.7 Å². The van der Waals surface area contributed by atoms with Crippen LogP contribution in [0.1, 0.15) is 25.5 Å². The largest absolute Gasteiger partial charge is 0.394 e. The summed E-state index contributed by atoms with van der Waals surface area (Å²) >= 11 is 0. The number of ether oxygens (including phenoxy) is 1. The van der Waals surface area contributed by atoms with Gasteiger partial charge in [-0.15, -0.1) is 0 Å². The first-order valence-electron chi connectivity index (χ1n) is 6.94. The Morgan fingerprint density at radius 1 is 1.50 bits per heavy atom. The Morgan fingerprint density at radius 3 is 2.80 bits per heavy atom. The molecule has 3 N–H and O–H groups in total. The van der Waals surface area contributed by atoms with Crippen LogP contribution in [0.25, 0.3) is 0 Å². The van der Waals surface area contributed by atoms with Crippen LogP contribution in [-0.2, 0) is 4.74 Å². The number of morpholine rings is 1. The number of aliphatic hydroxyl groups is 1. The average Bonchev–Trinajstić information content (AvgIpc) is 2.40. The van der Waals surface area contributed by atoms with E-state index in [2.05, 4.69) is 4.90 Å². The van der Waals surface area contributed by atoms with E-state index in [1.807, 2.05) is 19.9 Å². The van der Waals surface area contributed by atoms with Gasteiger partial charge in [-0.05, 0) is 19.9 Å². The molecule has 2 atom stereocenters. The third kappa shape index (κ3) is 3.35. The second kappa shape index (κ2) is 6.18. The van der Waals surface area contributed by atoms with Crippen molar-refractivity contribution >= 4 is 0 Å². The standard InChI is InChI=1S/C15H23FN2O2/c1-15(2)10-18(8-11(9-19)20-15)14(7-17)12-5-3-4-6-13(12)16/h3-6,11,14,19H,7-10,17H2,1-2H3. The minimum absolute atomic E-state index is 0.0471. The lowest BCUT2D eigenvalue weighted by molar-refractivity contribution is -0.156. The SMILES string of the molecule is CC1(C)CN(C(CN)c2ccccc2F)CC(CO)O1. The minimum atomic E-state index is -0.385. The predicted octanol–water partition coefficient (Wildman–Crippen LogP) is 1.30. The zero-order valence-electron chi connectivity index (χ0n) is 12.1. The molecule has 1 fully saturated rings. The summed E-state index contributed by atoms with van der Waals surface area (Å²) in [6.07, 6.45) is -0.264. The first kappa shape index (κ1) is 15.4. The number of nitrogens with zero attached hydrogens (tertiary/aromatic N) is 1. The van der Waals surface area contributed by atoms with E-state index in [0.29, 0.717) is 25.2 Å². The van der Waals surface area contributed by atoms with E-state index in [1.165, 1.54) is 6.07 Å². The zero-order valence-corrected chi connectivity index (χ0v) is 12.1. The molecule has 1 heterocycles. The quantitative estimate of drug-likeness (QED) is 0.874. The summed E-state index contributed by atoms with van der Waals surface area (Å²) in [6, 6.07) is 6.51. The number of halogens is 1. The highest BCUT2D eigenvalue weighted by atomic mass is 19.1. The summed E-state index contributed by atoms with van der Waals surface area (Å²) in [5.41, 5.74) is 6.09. The molecular weight excluding hydrogens is 259 g/mol. The van der Waals surface area contributed by atoms with Gasteiger partial charge in [0.05, 0.1) is 24.4 Å². The normalized spacial score (nSPS) is 24.6. The number of hydrogen-bond acceptors (Lipinski definition) is 4. The fraction of sp³-hybridized carbons (Fsp3) is 0.600. The summed E-state index contributed by atoms with van der Waals surface area (Å²) in [5.74, 6) is -0.243. The number of hydrogen-bond donors (Lipinski definition) is 2. The van der Waals surface area contributed by atoms with Crippen molar-refractivity contribution in [1.82, 2.24) is 4.90 Å². The molecular formula is C15H23FN2O2. The van der Waals surface area contributed by atoms with Gasteiger partial charge >= 0.3 is 0 Å². The van der Waals surface area contributed by atoms with E-state index in [9.17, 15) is 9.50 Å². The second-order valence-electron chi connectivity index (χ2n) is 5.88. The van der Waals surface area contributed by atoms with Crippen molar-refractivity contribution in [2.75, 3.05) is 26.2 Å². The van der Waals surface area contributed by atoms with Gasteiger partial charge in [0.2, 0.25) is 0 Å². The Bertz CT molecular complexity index is 453. The molecule has 0 aromatic heterocycles. The van der Waals surface area contributed by atoms with Gasteiger partial charge in [0.25, 0.3) is 0 Å². The predicted molar refractivity (Wildman–Crippen MR) is 75.8 cm³/mol. The molecule has 0 aliphatic carbocycles. The summed E-state index contributed by atoms with van der Waals surface area (Å²) in [6.45, 7) is 5.42. The molecule has 2 rings (SSSR count). The molecule has 1 aliphatic rings. The molecule has 1 aromatic carbocycles. The maximum absolute atomic E-state index is 14.0. The van der Waals surface area contributed by atoms with Crippen LogP contribution >= 0.6 is 0 Å². The lowest BCUT2D eigenvalue weighted by Gasteiger charge is -2.45. The molecule has 0 bridgehead atoms. The van der Waals surface area contributed by atoms with Gasteiger partial charge in [0, 0.05) is 25.2 Å². The fourth-order valence-electron chi connectivity index (χ4n) is 2.89. The molecule has 0 amide bonds. The van der Waals surface area contributed by atoms with E-state index in [-0.39, 0.29) is 30.2 Å². The summed E-state index contributed by atoms with van der Waals surface area (Å²) in [4.78, 5) is 2.10. The van der Waals surface area contributed by atoms with Crippen LogP contribution in [0.4, 0.5) is 4.39 Å². The van der Waals surface area contributed by atoms with Crippen LogP contribution in [0.3, 0.4) is 0 Å². The van der Waals surface area contributed by atoms with Crippen molar-refractivity contribution in [3.8, 4) is 0 Å². The molecule has 0 spiro atoms. The van der Waals surface area contributed by atoms with Gasteiger partial charge < -0.3 is 15.6 Å². The Hall–Kier alpha value is -1.01. The van der Waals surface area contributed by atoms with Gasteiger partial charge in [-0.3, -0.25) is 4.90 Å². The van der Waals surface area contributed by atoms with Crippen LogP contribution in [0, 0.1) is 5.82 Å². The first-order chi connectivity index (χ1) is 9.46. The van der Waals surface area contributed by atoms with Crippen molar-refractivity contribution in [3.05, 3.63) is 35.6 Å². The number of aliphatic hydroxyl groups excluding tert-OH is 1. The zero-order chi connectivity index (χ0) is 14.8. The third-order valence-corrected chi connectivity index (χ3v) is 3.64. The average molecular weight is 282 g/mol. The van der Waals surface area contributed by atoms with Crippen molar-refractivity contribution in [2.24, 2.45) is 5.73 Å². The van der Waals surface area contributed by atoms with Crippen LogP contribution in [0.5, 0.6) is 0 Å². The highest BCUT2D eigenvalue weighted by Crippen LogP contribution is 2.29. The summed E-state index contributed by atoms with van der Waals surface area (Å²) in [7, 11) is 0. The van der Waals surface area contributed by atoms with Gasteiger partial charge in [0.15, 0.2) is 0 Å². The van der Waals surface area contributed by atoms with Gasteiger partial charge in [-0.2, -0.15) is 0 Å². The highest BCUT2D eigenvalue weighted by Gasteiger charge is 2.36. The highest BCUT2D eigenvalue weighted by molar-refractivity contribution is 5.22. The van der Waals surface area contributed by atoms with Crippen molar-refractivity contribution < 1.29 is 14.2 Å². The monoisotopic (exact) mass is 282 g/mol. The van der Waals surface area contributed by atoms with Crippen molar-refractivity contribution in [1.29, 1.82) is 0 Å². The Balaban J connectivity index is 2.25. The summed E-state index contributed by atoms with van der Waals surface area (Å²) < 4.78 is 19.8. The first-order valence-corrected chi connectivity index (χ1v) is 6.94. The number of benzene rings is 1. The molecule has 112 valence electrons. The van der Waals surface area contributed by atoms with Gasteiger partial charge in [0.1, 0.15) is 5.82 Å². The van der Waals surface area contributed by atoms with Crippen LogP contribution in [0.2, 0.25) is 0 Å². The van der Waals surface area contributed by atoms with Crippen molar-refractivity contribution in [2.45, 2.75) is 31.6 Å². The molecule has 0 radical (unpaired) electrons. The van der Waals surface area contributed by atoms with Crippen LogP contribution in [-0.4, -0.2) is 48.0 Å². The molecule has 4 nitrogen and oxygen atoms in total. The maximum atomic E-state index is 14.0. The fourth-order valence-corrected chi connectivity index (χ4v) is 2.89. The maximum Gasteiger partial charge on any atom is 0.128 e. The van der Waals surface area contributed by atoms with Crippen molar-refractivity contribution in [3.63, 3.8) is 0 Å².